The van der Waals surface area contributed by atoms with Crippen molar-refractivity contribution in [1.29, 1.82) is 0 Å². The summed E-state index contributed by atoms with van der Waals surface area (Å²) in [5, 5.41) is 0.408. The molecule has 0 aromatic heterocycles. The van der Waals surface area contributed by atoms with Gasteiger partial charge in [-0.3, -0.25) is 4.79 Å². The number of thioether (sulfide) groups is 1. The van der Waals surface area contributed by atoms with E-state index in [0.29, 0.717) is 18.1 Å². The van der Waals surface area contributed by atoms with Gasteiger partial charge in [0.1, 0.15) is 10.6 Å². The molecule has 1 saturated carbocycles. The molecule has 1 saturated heterocycles. The third kappa shape index (κ3) is 5.46. The van der Waals surface area contributed by atoms with Gasteiger partial charge in [-0.2, -0.15) is 38.1 Å². The molecule has 0 unspecified atom stereocenters. The van der Waals surface area contributed by atoms with Gasteiger partial charge in [0.2, 0.25) is 5.91 Å². The van der Waals surface area contributed by atoms with Gasteiger partial charge in [0.15, 0.2) is 9.84 Å². The number of carbonyl (C=O) groups excluding carboxylic acids is 1. The van der Waals surface area contributed by atoms with E-state index in [2.05, 4.69) is 0 Å². The Bertz CT molecular complexity index is 1340. The number of nitrogens with zero attached hydrogens (tertiary/aromatic N) is 1. The van der Waals surface area contributed by atoms with Crippen LogP contribution >= 0.6 is 11.8 Å². The maximum Gasteiger partial charge on any atom is 0.435 e. The summed E-state index contributed by atoms with van der Waals surface area (Å²) in [5.41, 5.74) is -7.65. The van der Waals surface area contributed by atoms with E-state index in [1.807, 2.05) is 6.26 Å². The van der Waals surface area contributed by atoms with Gasteiger partial charge in [-0.05, 0) is 68.2 Å². The van der Waals surface area contributed by atoms with Crippen molar-refractivity contribution in [2.24, 2.45) is 5.92 Å². The average Bonchev–Trinajstić information content (AvgIpc) is 3.39. The molecule has 0 radical (unpaired) electrons. The normalized spacial score (nSPS) is 24.5. The van der Waals surface area contributed by atoms with Gasteiger partial charge in [0.05, 0.1) is 4.90 Å². The van der Waals surface area contributed by atoms with E-state index in [1.165, 1.54) is 4.90 Å². The number of rotatable bonds is 6. The zero-order valence-electron chi connectivity index (χ0n) is 21.7. The highest BCUT2D eigenvalue weighted by Crippen LogP contribution is 2.54. The third-order valence-corrected chi connectivity index (χ3v) is 11.8. The summed E-state index contributed by atoms with van der Waals surface area (Å²) in [5.74, 6) is -1.37. The fourth-order valence-corrected chi connectivity index (χ4v) is 8.54. The quantitative estimate of drug-likeness (QED) is 0.257. The molecule has 1 atom stereocenters. The van der Waals surface area contributed by atoms with Gasteiger partial charge in [0.25, 0.3) is 0 Å². The molecule has 2 aliphatic rings. The largest absolute Gasteiger partial charge is 0.435 e. The first kappa shape index (κ1) is 31.6. The Morgan fingerprint density at radius 1 is 0.878 bits per heavy atom. The third-order valence-electron chi connectivity index (χ3n) is 8.13. The molecular weight excluding hydrogens is 602 g/mol. The molecule has 4 nitrogen and oxygen atoms in total. The van der Waals surface area contributed by atoms with Gasteiger partial charge >= 0.3 is 18.0 Å². The molecule has 1 aliphatic carbocycles. The Kier molecular flexibility index (Phi) is 8.51. The van der Waals surface area contributed by atoms with Crippen molar-refractivity contribution in [2.75, 3.05) is 19.3 Å². The highest BCUT2D eigenvalue weighted by atomic mass is 32.2. The number of likely N-dealkylation sites (tertiary alicyclic amines) is 1. The first-order valence-corrected chi connectivity index (χ1v) is 15.5. The van der Waals surface area contributed by atoms with Gasteiger partial charge in [-0.1, -0.05) is 24.3 Å². The number of carbonyl (C=O) groups is 1. The lowest BCUT2D eigenvalue weighted by Crippen LogP contribution is -2.50. The molecule has 1 aliphatic heterocycles. The lowest BCUT2D eigenvalue weighted by atomic mass is 9.88. The summed E-state index contributed by atoms with van der Waals surface area (Å²) in [6.07, 6.45) is -8.13. The van der Waals surface area contributed by atoms with Crippen molar-refractivity contribution in [1.82, 2.24) is 4.90 Å². The molecular formula is C27H27F8NO3S2. The smallest absolute Gasteiger partial charge is 0.340 e. The van der Waals surface area contributed by atoms with Crippen LogP contribution in [0.5, 0.6) is 0 Å². The number of amides is 1. The summed E-state index contributed by atoms with van der Waals surface area (Å²) in [4.78, 5) is 14.4. The van der Waals surface area contributed by atoms with E-state index < -0.39 is 50.5 Å². The van der Waals surface area contributed by atoms with Crippen molar-refractivity contribution in [3.05, 3.63) is 65.5 Å². The Morgan fingerprint density at radius 3 is 1.90 bits per heavy atom. The fourth-order valence-electron chi connectivity index (χ4n) is 5.71. The van der Waals surface area contributed by atoms with Gasteiger partial charge < -0.3 is 4.90 Å². The van der Waals surface area contributed by atoms with Crippen LogP contribution in [0.4, 0.5) is 35.1 Å². The zero-order valence-corrected chi connectivity index (χ0v) is 23.4. The van der Waals surface area contributed by atoms with Crippen LogP contribution in [-0.4, -0.2) is 56.2 Å². The number of alkyl halides is 7. The van der Waals surface area contributed by atoms with E-state index in [-0.39, 0.29) is 47.4 Å². The number of benzene rings is 2. The molecule has 0 spiro atoms. The minimum Gasteiger partial charge on any atom is -0.340 e. The van der Waals surface area contributed by atoms with E-state index in [0.717, 1.165) is 49.2 Å². The van der Waals surface area contributed by atoms with Crippen molar-refractivity contribution in [3.63, 3.8) is 0 Å². The monoisotopic (exact) mass is 629 g/mol. The van der Waals surface area contributed by atoms with Crippen molar-refractivity contribution >= 4 is 27.5 Å². The molecule has 0 bridgehead atoms. The molecule has 41 heavy (non-hydrogen) atoms. The van der Waals surface area contributed by atoms with Crippen LogP contribution < -0.4 is 0 Å². The van der Waals surface area contributed by atoms with Gasteiger partial charge in [-0.25, -0.2) is 17.2 Å². The molecule has 0 N–H and O–H groups in total. The standard InChI is InChI=1S/C27H27F8NO3S2/c1-40-21-10-2-17(3-11-21)23(37)36-15-14-24(16-36,41(38,39)22-12-8-20(28)9-13-22)18-4-6-19(7-5-18)25(29,26(30,31)32)27(33,34)35/h4-9,12-13,17,21H,2-3,10-11,14-16H2,1H3/t17?,21?,24-/m0/s1. The van der Waals surface area contributed by atoms with Gasteiger partial charge in [-0.15, -0.1) is 0 Å². The van der Waals surface area contributed by atoms with Crippen LogP contribution in [0.3, 0.4) is 0 Å². The highest BCUT2D eigenvalue weighted by Gasteiger charge is 2.73. The second kappa shape index (κ2) is 11.1. The summed E-state index contributed by atoms with van der Waals surface area (Å²) < 4.78 is 134. The first-order valence-electron chi connectivity index (χ1n) is 12.7. The number of hydrogen-bond donors (Lipinski definition) is 0. The minimum absolute atomic E-state index is 0.0401. The maximum absolute atomic E-state index is 14.6. The SMILES string of the molecule is CSC1CCC(C(=O)N2CC[C@](c3ccc(C(F)(C(F)(F)F)C(F)(F)F)cc3)(S(=O)(=O)c3ccc(F)cc3)C2)CC1. The maximum atomic E-state index is 14.6. The van der Waals surface area contributed by atoms with E-state index in [9.17, 15) is 48.3 Å². The molecule has 226 valence electrons. The summed E-state index contributed by atoms with van der Waals surface area (Å²) >= 11 is 1.70. The van der Waals surface area contributed by atoms with Crippen LogP contribution in [0.15, 0.2) is 53.4 Å². The van der Waals surface area contributed by atoms with E-state index in [4.69, 9.17) is 0 Å². The van der Waals surface area contributed by atoms with Crippen molar-refractivity contribution in [3.8, 4) is 0 Å². The molecule has 2 aromatic carbocycles. The van der Waals surface area contributed by atoms with Crippen molar-refractivity contribution in [2.45, 2.75) is 65.0 Å². The molecule has 14 heteroatoms. The Morgan fingerprint density at radius 2 is 1.41 bits per heavy atom. The Hall–Kier alpha value is -2.35. The van der Waals surface area contributed by atoms with E-state index in [1.54, 1.807) is 11.8 Å². The van der Waals surface area contributed by atoms with Crippen LogP contribution in [-0.2, 0) is 25.0 Å². The Balaban J connectivity index is 1.76. The lowest BCUT2D eigenvalue weighted by Gasteiger charge is -2.33. The second-order valence-corrected chi connectivity index (χ2v) is 13.8. The molecule has 1 amide bonds. The van der Waals surface area contributed by atoms with Gasteiger partial charge in [0, 0.05) is 29.8 Å². The van der Waals surface area contributed by atoms with Crippen LogP contribution in [0, 0.1) is 11.7 Å². The van der Waals surface area contributed by atoms with Crippen LogP contribution in [0.1, 0.15) is 43.2 Å². The zero-order chi connectivity index (χ0) is 30.4. The highest BCUT2D eigenvalue weighted by molar-refractivity contribution is 7.99. The minimum atomic E-state index is -6.34. The van der Waals surface area contributed by atoms with Crippen LogP contribution in [0.25, 0.3) is 0 Å². The lowest BCUT2D eigenvalue weighted by molar-refractivity contribution is -0.348. The number of hydrogen-bond acceptors (Lipinski definition) is 4. The molecule has 2 aromatic rings. The predicted octanol–water partition coefficient (Wildman–Crippen LogP) is 6.94. The summed E-state index contributed by atoms with van der Waals surface area (Å²) in [6, 6.07) is 5.77. The molecule has 2 fully saturated rings. The van der Waals surface area contributed by atoms with Crippen LogP contribution in [0.2, 0.25) is 0 Å². The Labute approximate surface area is 236 Å². The second-order valence-electron chi connectivity index (χ2n) is 10.4. The average molecular weight is 630 g/mol. The molecule has 1 heterocycles. The summed E-state index contributed by atoms with van der Waals surface area (Å²) in [7, 11) is -4.49. The fraction of sp³-hybridized carbons (Fsp3) is 0.519. The number of sulfone groups is 1. The molecule has 4 rings (SSSR count). The number of halogens is 8. The summed E-state index contributed by atoms with van der Waals surface area (Å²) in [6.45, 7) is -0.464. The topological polar surface area (TPSA) is 54.5 Å². The predicted molar refractivity (Wildman–Crippen MR) is 137 cm³/mol. The first-order chi connectivity index (χ1) is 19.0. The van der Waals surface area contributed by atoms with E-state index >= 15 is 0 Å². The van der Waals surface area contributed by atoms with Crippen molar-refractivity contribution < 1.29 is 48.3 Å².